The van der Waals surface area contributed by atoms with Crippen LogP contribution < -0.4 is 0 Å². The van der Waals surface area contributed by atoms with Crippen LogP contribution in [-0.2, 0) is 17.6 Å². The number of carbonyl (C=O) groups excluding carboxylic acids is 2. The standard InChI is InChI=1S/C17H21N3O2/c21-16-10-20(11-19(16)9-12-5-6-12)17(22)15-8-7-13-3-1-2-4-14(13)18-15/h7-8,12H,1-6,9-11H2. The highest BCUT2D eigenvalue weighted by Gasteiger charge is 2.35. The highest BCUT2D eigenvalue weighted by atomic mass is 16.2. The van der Waals surface area contributed by atoms with Gasteiger partial charge in [-0.25, -0.2) is 4.98 Å². The first-order valence-corrected chi connectivity index (χ1v) is 8.26. The Bertz CT molecular complexity index is 624. The van der Waals surface area contributed by atoms with Crippen LogP contribution in [0, 0.1) is 5.92 Å². The van der Waals surface area contributed by atoms with Gasteiger partial charge in [0.25, 0.3) is 5.91 Å². The molecule has 0 atom stereocenters. The van der Waals surface area contributed by atoms with E-state index >= 15 is 0 Å². The second-order valence-electron chi connectivity index (χ2n) is 6.71. The number of pyridine rings is 1. The molecule has 2 aliphatic carbocycles. The molecule has 116 valence electrons. The van der Waals surface area contributed by atoms with Gasteiger partial charge in [0, 0.05) is 12.2 Å². The summed E-state index contributed by atoms with van der Waals surface area (Å²) in [5.74, 6) is 0.610. The maximum Gasteiger partial charge on any atom is 0.274 e. The molecule has 1 aromatic rings. The molecule has 2 fully saturated rings. The molecule has 5 heteroatoms. The summed E-state index contributed by atoms with van der Waals surface area (Å²) in [6.07, 6.45) is 6.80. The Morgan fingerprint density at radius 1 is 1.23 bits per heavy atom. The Morgan fingerprint density at radius 3 is 2.86 bits per heavy atom. The van der Waals surface area contributed by atoms with E-state index in [0.717, 1.165) is 31.5 Å². The Kier molecular flexibility index (Phi) is 3.36. The third-order valence-electron chi connectivity index (χ3n) is 4.88. The number of amides is 2. The second-order valence-corrected chi connectivity index (χ2v) is 6.71. The van der Waals surface area contributed by atoms with Crippen molar-refractivity contribution in [3.63, 3.8) is 0 Å². The van der Waals surface area contributed by atoms with Gasteiger partial charge in [-0.3, -0.25) is 9.59 Å². The summed E-state index contributed by atoms with van der Waals surface area (Å²) in [5, 5.41) is 0. The lowest BCUT2D eigenvalue weighted by molar-refractivity contribution is -0.126. The number of fused-ring (bicyclic) bond motifs is 1. The van der Waals surface area contributed by atoms with Crippen LogP contribution in [0.3, 0.4) is 0 Å². The van der Waals surface area contributed by atoms with Crippen LogP contribution in [0.5, 0.6) is 0 Å². The number of hydrogen-bond donors (Lipinski definition) is 0. The molecule has 0 unspecified atom stereocenters. The van der Waals surface area contributed by atoms with Gasteiger partial charge in [-0.05, 0) is 56.1 Å². The summed E-state index contributed by atoms with van der Waals surface area (Å²) in [6, 6.07) is 3.86. The van der Waals surface area contributed by atoms with E-state index in [1.807, 2.05) is 17.0 Å². The Balaban J connectivity index is 1.48. The maximum atomic E-state index is 12.6. The van der Waals surface area contributed by atoms with Crippen molar-refractivity contribution in [2.24, 2.45) is 5.92 Å². The minimum Gasteiger partial charge on any atom is -0.323 e. The summed E-state index contributed by atoms with van der Waals surface area (Å²) in [6.45, 7) is 1.43. The molecule has 4 rings (SSSR count). The third-order valence-corrected chi connectivity index (χ3v) is 4.88. The van der Waals surface area contributed by atoms with Gasteiger partial charge in [0.2, 0.25) is 5.91 Å². The lowest BCUT2D eigenvalue weighted by Gasteiger charge is -2.19. The van der Waals surface area contributed by atoms with Crippen LogP contribution in [0.4, 0.5) is 0 Å². The SMILES string of the molecule is O=C1CN(C(=O)c2ccc3c(n2)CCCC3)CN1CC1CC1. The van der Waals surface area contributed by atoms with E-state index in [4.69, 9.17) is 0 Å². The number of nitrogens with zero attached hydrogens (tertiary/aromatic N) is 3. The molecule has 1 aliphatic heterocycles. The van der Waals surface area contributed by atoms with E-state index in [0.29, 0.717) is 18.3 Å². The molecule has 5 nitrogen and oxygen atoms in total. The number of rotatable bonds is 3. The highest BCUT2D eigenvalue weighted by molar-refractivity contribution is 5.96. The minimum absolute atomic E-state index is 0.0678. The van der Waals surface area contributed by atoms with E-state index in [1.54, 1.807) is 4.90 Å². The quantitative estimate of drug-likeness (QED) is 0.852. The van der Waals surface area contributed by atoms with E-state index in [9.17, 15) is 9.59 Å². The summed E-state index contributed by atoms with van der Waals surface area (Å²) >= 11 is 0. The maximum absolute atomic E-state index is 12.6. The summed E-state index contributed by atoms with van der Waals surface area (Å²) in [4.78, 5) is 32.6. The van der Waals surface area contributed by atoms with Gasteiger partial charge in [0.1, 0.15) is 12.2 Å². The number of aromatic nitrogens is 1. The van der Waals surface area contributed by atoms with Gasteiger partial charge in [-0.1, -0.05) is 6.07 Å². The number of aryl methyl sites for hydroxylation is 2. The summed E-state index contributed by atoms with van der Waals surface area (Å²) in [5.41, 5.74) is 2.83. The van der Waals surface area contributed by atoms with Crippen LogP contribution in [0.1, 0.15) is 47.4 Å². The van der Waals surface area contributed by atoms with Crippen LogP contribution in [0.2, 0.25) is 0 Å². The van der Waals surface area contributed by atoms with Gasteiger partial charge in [-0.2, -0.15) is 0 Å². The molecule has 0 radical (unpaired) electrons. The van der Waals surface area contributed by atoms with Gasteiger partial charge >= 0.3 is 0 Å². The summed E-state index contributed by atoms with van der Waals surface area (Å²) < 4.78 is 0. The average Bonchev–Trinajstić information content (AvgIpc) is 3.29. The van der Waals surface area contributed by atoms with Crippen molar-refractivity contribution in [3.05, 3.63) is 29.1 Å². The minimum atomic E-state index is -0.111. The smallest absolute Gasteiger partial charge is 0.274 e. The molecule has 2 heterocycles. The molecular formula is C17H21N3O2. The second kappa shape index (κ2) is 5.38. The predicted octanol–water partition coefficient (Wildman–Crippen LogP) is 1.61. The monoisotopic (exact) mass is 299 g/mol. The zero-order valence-corrected chi connectivity index (χ0v) is 12.8. The first kappa shape index (κ1) is 13.7. The van der Waals surface area contributed by atoms with Crippen molar-refractivity contribution in [3.8, 4) is 0 Å². The van der Waals surface area contributed by atoms with Crippen LogP contribution in [0.15, 0.2) is 12.1 Å². The van der Waals surface area contributed by atoms with Crippen molar-refractivity contribution < 1.29 is 9.59 Å². The van der Waals surface area contributed by atoms with E-state index < -0.39 is 0 Å². The lowest BCUT2D eigenvalue weighted by atomic mass is 9.96. The lowest BCUT2D eigenvalue weighted by Crippen LogP contribution is -2.32. The molecule has 2 amide bonds. The van der Waals surface area contributed by atoms with Gasteiger partial charge in [-0.15, -0.1) is 0 Å². The molecule has 1 saturated carbocycles. The van der Waals surface area contributed by atoms with E-state index in [2.05, 4.69) is 4.98 Å². The molecule has 0 N–H and O–H groups in total. The fourth-order valence-corrected chi connectivity index (χ4v) is 3.37. The zero-order valence-electron chi connectivity index (χ0n) is 12.8. The molecule has 22 heavy (non-hydrogen) atoms. The third kappa shape index (κ3) is 2.60. The van der Waals surface area contributed by atoms with Crippen LogP contribution in [0.25, 0.3) is 0 Å². The Labute approximate surface area is 130 Å². The fourth-order valence-electron chi connectivity index (χ4n) is 3.37. The molecule has 3 aliphatic rings. The number of carbonyl (C=O) groups is 2. The Hall–Kier alpha value is -1.91. The van der Waals surface area contributed by atoms with Crippen molar-refractivity contribution >= 4 is 11.8 Å². The van der Waals surface area contributed by atoms with Gasteiger partial charge < -0.3 is 9.80 Å². The normalized spacial score (nSPS) is 21.2. The van der Waals surface area contributed by atoms with Crippen molar-refractivity contribution in [2.45, 2.75) is 38.5 Å². The molecule has 1 saturated heterocycles. The predicted molar refractivity (Wildman–Crippen MR) is 81.2 cm³/mol. The van der Waals surface area contributed by atoms with Crippen molar-refractivity contribution in [2.75, 3.05) is 19.8 Å². The fraction of sp³-hybridized carbons (Fsp3) is 0.588. The largest absolute Gasteiger partial charge is 0.323 e. The van der Waals surface area contributed by atoms with Gasteiger partial charge in [0.15, 0.2) is 0 Å². The first-order valence-electron chi connectivity index (χ1n) is 8.26. The van der Waals surface area contributed by atoms with Crippen molar-refractivity contribution in [1.82, 2.24) is 14.8 Å². The Morgan fingerprint density at radius 2 is 2.05 bits per heavy atom. The number of hydrogen-bond acceptors (Lipinski definition) is 3. The molecule has 0 bridgehead atoms. The molecular weight excluding hydrogens is 278 g/mol. The average molecular weight is 299 g/mol. The molecule has 0 aromatic carbocycles. The molecule has 1 aromatic heterocycles. The molecule has 0 spiro atoms. The van der Waals surface area contributed by atoms with E-state index in [-0.39, 0.29) is 18.4 Å². The summed E-state index contributed by atoms with van der Waals surface area (Å²) in [7, 11) is 0. The zero-order chi connectivity index (χ0) is 15.1. The van der Waals surface area contributed by atoms with Crippen LogP contribution in [-0.4, -0.2) is 46.4 Å². The van der Waals surface area contributed by atoms with Crippen LogP contribution >= 0.6 is 0 Å². The van der Waals surface area contributed by atoms with E-state index in [1.165, 1.54) is 24.8 Å². The van der Waals surface area contributed by atoms with Gasteiger partial charge in [0.05, 0.1) is 6.67 Å². The first-order chi connectivity index (χ1) is 10.7. The topological polar surface area (TPSA) is 53.5 Å². The highest BCUT2D eigenvalue weighted by Crippen LogP contribution is 2.30. The van der Waals surface area contributed by atoms with Crippen molar-refractivity contribution in [1.29, 1.82) is 0 Å².